The Hall–Kier alpha value is -2.29. The lowest BCUT2D eigenvalue weighted by Gasteiger charge is -2.28. The number of rotatable bonds is 3. The van der Waals surface area contributed by atoms with Crippen LogP contribution in [0.3, 0.4) is 0 Å². The summed E-state index contributed by atoms with van der Waals surface area (Å²) in [6.45, 7) is 14.0. The molecule has 3 nitrogen and oxygen atoms in total. The van der Waals surface area contributed by atoms with Gasteiger partial charge in [0.25, 0.3) is 0 Å². The van der Waals surface area contributed by atoms with Gasteiger partial charge < -0.3 is 9.84 Å². The minimum absolute atomic E-state index is 0.0289. The van der Waals surface area contributed by atoms with E-state index in [1.54, 1.807) is 31.2 Å². The molecule has 2 aromatic rings. The van der Waals surface area contributed by atoms with Crippen LogP contribution in [0.1, 0.15) is 70.0 Å². The second kappa shape index (κ2) is 6.55. The topological polar surface area (TPSA) is 46.5 Å². The molecule has 0 atom stereocenters. The Kier molecular flexibility index (Phi) is 4.99. The van der Waals surface area contributed by atoms with Crippen LogP contribution in [0.15, 0.2) is 36.4 Å². The lowest BCUT2D eigenvalue weighted by atomic mass is 9.79. The molecular weight excluding hydrogens is 312 g/mol. The van der Waals surface area contributed by atoms with E-state index < -0.39 is 0 Å². The molecule has 0 aliphatic heterocycles. The van der Waals surface area contributed by atoms with Crippen LogP contribution in [-0.2, 0) is 10.8 Å². The number of ketones is 1. The summed E-state index contributed by atoms with van der Waals surface area (Å²) in [4.78, 5) is 11.4. The van der Waals surface area contributed by atoms with Gasteiger partial charge in [-0.15, -0.1) is 0 Å². The highest BCUT2D eigenvalue weighted by Crippen LogP contribution is 2.42. The molecule has 0 amide bonds. The second-order valence-corrected chi connectivity index (χ2v) is 8.55. The summed E-state index contributed by atoms with van der Waals surface area (Å²) in [6.07, 6.45) is 0. The Morgan fingerprint density at radius 1 is 0.840 bits per heavy atom. The number of aromatic hydroxyl groups is 1. The number of carbonyl (C=O) groups excluding carboxylic acids is 1. The van der Waals surface area contributed by atoms with Crippen LogP contribution in [0.2, 0.25) is 0 Å². The van der Waals surface area contributed by atoms with Crippen molar-refractivity contribution in [2.45, 2.75) is 59.3 Å². The zero-order valence-electron chi connectivity index (χ0n) is 16.2. The van der Waals surface area contributed by atoms with E-state index >= 15 is 0 Å². The van der Waals surface area contributed by atoms with E-state index in [4.69, 9.17) is 4.74 Å². The highest BCUT2D eigenvalue weighted by molar-refractivity contribution is 5.94. The van der Waals surface area contributed by atoms with Gasteiger partial charge in [0.05, 0.1) is 0 Å². The first-order chi connectivity index (χ1) is 11.4. The first kappa shape index (κ1) is 19.0. The number of hydrogen-bond donors (Lipinski definition) is 1. The van der Waals surface area contributed by atoms with Crippen molar-refractivity contribution in [1.29, 1.82) is 0 Å². The molecule has 134 valence electrons. The van der Waals surface area contributed by atoms with Gasteiger partial charge in [-0.3, -0.25) is 4.79 Å². The first-order valence-corrected chi connectivity index (χ1v) is 8.56. The summed E-state index contributed by atoms with van der Waals surface area (Å²) >= 11 is 0. The van der Waals surface area contributed by atoms with E-state index in [9.17, 15) is 9.90 Å². The molecule has 0 bridgehead atoms. The van der Waals surface area contributed by atoms with Crippen molar-refractivity contribution in [2.75, 3.05) is 0 Å². The van der Waals surface area contributed by atoms with Gasteiger partial charge in [-0.25, -0.2) is 0 Å². The first-order valence-electron chi connectivity index (χ1n) is 8.56. The Morgan fingerprint density at radius 3 is 1.64 bits per heavy atom. The lowest BCUT2D eigenvalue weighted by molar-refractivity contribution is 0.101. The highest BCUT2D eigenvalue weighted by atomic mass is 16.5. The molecule has 2 aromatic carbocycles. The Labute approximate surface area is 150 Å². The quantitative estimate of drug-likeness (QED) is 0.699. The minimum atomic E-state index is -0.206. The van der Waals surface area contributed by atoms with Crippen LogP contribution in [0, 0.1) is 0 Å². The van der Waals surface area contributed by atoms with Crippen molar-refractivity contribution in [1.82, 2.24) is 0 Å². The van der Waals surface area contributed by atoms with E-state index in [1.165, 1.54) is 0 Å². The van der Waals surface area contributed by atoms with Gasteiger partial charge in [0.2, 0.25) is 0 Å². The minimum Gasteiger partial charge on any atom is -0.507 e. The molecule has 2 rings (SSSR count). The molecule has 3 heteroatoms. The monoisotopic (exact) mass is 340 g/mol. The number of benzene rings is 2. The van der Waals surface area contributed by atoms with Gasteiger partial charge in [-0.2, -0.15) is 0 Å². The van der Waals surface area contributed by atoms with Gasteiger partial charge in [0.1, 0.15) is 17.2 Å². The van der Waals surface area contributed by atoms with Crippen LogP contribution < -0.4 is 4.74 Å². The Bertz CT molecular complexity index is 737. The molecule has 0 radical (unpaired) electrons. The molecule has 0 unspecified atom stereocenters. The SMILES string of the molecule is CC(=O)c1ccc(Oc2cc(C(C)(C)C)c(O)c(C(C)(C)C)c2)cc1. The largest absolute Gasteiger partial charge is 0.507 e. The van der Waals surface area contributed by atoms with Crippen LogP contribution in [0.4, 0.5) is 0 Å². The van der Waals surface area contributed by atoms with Crippen LogP contribution in [0.25, 0.3) is 0 Å². The third-order valence-electron chi connectivity index (χ3n) is 4.20. The predicted octanol–water partition coefficient (Wildman–Crippen LogP) is 5.98. The summed E-state index contributed by atoms with van der Waals surface area (Å²) in [5, 5.41) is 10.8. The predicted molar refractivity (Wildman–Crippen MR) is 102 cm³/mol. The summed E-state index contributed by atoms with van der Waals surface area (Å²) in [5.74, 6) is 1.71. The third kappa shape index (κ3) is 4.41. The standard InChI is InChI=1S/C22H28O3/c1-14(23)15-8-10-16(11-9-15)25-17-12-18(21(2,3)4)20(24)19(13-17)22(5,6)7/h8-13,24H,1-7H3. The van der Waals surface area contributed by atoms with Crippen molar-refractivity contribution >= 4 is 5.78 Å². The maximum absolute atomic E-state index is 11.4. The van der Waals surface area contributed by atoms with Crippen LogP contribution >= 0.6 is 0 Å². The van der Waals surface area contributed by atoms with Gasteiger partial charge in [0, 0.05) is 16.7 Å². The van der Waals surface area contributed by atoms with Crippen molar-refractivity contribution in [3.05, 3.63) is 53.1 Å². The molecule has 1 N–H and O–H groups in total. The molecule has 0 saturated carbocycles. The number of hydrogen-bond acceptors (Lipinski definition) is 3. The highest BCUT2D eigenvalue weighted by Gasteiger charge is 2.27. The summed E-state index contributed by atoms with van der Waals surface area (Å²) in [7, 11) is 0. The average molecular weight is 340 g/mol. The number of Topliss-reactive ketones (excluding diaryl/α,β-unsaturated/α-hetero) is 1. The van der Waals surface area contributed by atoms with Crippen molar-refractivity contribution in [3.63, 3.8) is 0 Å². The third-order valence-corrected chi connectivity index (χ3v) is 4.20. The molecule has 0 heterocycles. The molecule has 0 aliphatic carbocycles. The second-order valence-electron chi connectivity index (χ2n) is 8.55. The fraction of sp³-hybridized carbons (Fsp3) is 0.409. The summed E-state index contributed by atoms with van der Waals surface area (Å²) in [6, 6.07) is 10.9. The molecular formula is C22H28O3. The van der Waals surface area contributed by atoms with Gasteiger partial charge >= 0.3 is 0 Å². The van der Waals surface area contributed by atoms with Crippen LogP contribution in [0.5, 0.6) is 17.2 Å². The van der Waals surface area contributed by atoms with Crippen molar-refractivity contribution in [3.8, 4) is 17.2 Å². The zero-order chi connectivity index (χ0) is 19.0. The number of carbonyl (C=O) groups is 1. The lowest BCUT2D eigenvalue weighted by Crippen LogP contribution is -2.17. The van der Waals surface area contributed by atoms with E-state index in [0.29, 0.717) is 22.8 Å². The normalized spacial score (nSPS) is 12.1. The molecule has 0 spiro atoms. The van der Waals surface area contributed by atoms with E-state index in [2.05, 4.69) is 41.5 Å². The van der Waals surface area contributed by atoms with E-state index in [0.717, 1.165) is 11.1 Å². The number of ether oxygens (including phenoxy) is 1. The fourth-order valence-corrected chi connectivity index (χ4v) is 2.70. The van der Waals surface area contributed by atoms with E-state index in [1.807, 2.05) is 12.1 Å². The smallest absolute Gasteiger partial charge is 0.159 e. The number of phenolic OH excluding ortho intramolecular Hbond substituents is 1. The average Bonchev–Trinajstić information content (AvgIpc) is 2.47. The molecule has 0 aliphatic rings. The molecule has 0 aromatic heterocycles. The van der Waals surface area contributed by atoms with E-state index in [-0.39, 0.29) is 16.6 Å². The number of phenols is 1. The van der Waals surface area contributed by atoms with Gasteiger partial charge in [-0.05, 0) is 54.2 Å². The molecule has 0 fully saturated rings. The molecule has 0 saturated heterocycles. The Morgan fingerprint density at radius 2 is 1.28 bits per heavy atom. The van der Waals surface area contributed by atoms with Crippen molar-refractivity contribution < 1.29 is 14.6 Å². The summed E-state index contributed by atoms with van der Waals surface area (Å²) < 4.78 is 6.02. The van der Waals surface area contributed by atoms with Gasteiger partial charge in [-0.1, -0.05) is 41.5 Å². The van der Waals surface area contributed by atoms with Gasteiger partial charge in [0.15, 0.2) is 5.78 Å². The maximum Gasteiger partial charge on any atom is 0.159 e. The van der Waals surface area contributed by atoms with Crippen molar-refractivity contribution in [2.24, 2.45) is 0 Å². The zero-order valence-corrected chi connectivity index (χ0v) is 16.2. The van der Waals surface area contributed by atoms with Crippen LogP contribution in [-0.4, -0.2) is 10.9 Å². The maximum atomic E-state index is 11.4. The Balaban J connectivity index is 2.48. The fourth-order valence-electron chi connectivity index (χ4n) is 2.70. The summed E-state index contributed by atoms with van der Waals surface area (Å²) in [5.41, 5.74) is 1.96. The molecule has 25 heavy (non-hydrogen) atoms.